The lowest BCUT2D eigenvalue weighted by molar-refractivity contribution is 0.132. The van der Waals surface area contributed by atoms with Gasteiger partial charge in [-0.25, -0.2) is 4.39 Å². The first kappa shape index (κ1) is 14.5. The maximum absolute atomic E-state index is 13.3. The number of nitrogens with zero attached hydrogens (tertiary/aromatic N) is 1. The molecule has 98 valence electrons. The predicted octanol–water partition coefficient (Wildman–Crippen LogP) is 2.91. The zero-order valence-corrected chi connectivity index (χ0v) is 11.0. The Morgan fingerprint density at radius 3 is 2.67 bits per heavy atom. The number of nitrogens with one attached hydrogen (secondary N) is 1. The van der Waals surface area contributed by atoms with Crippen molar-refractivity contribution < 1.29 is 9.50 Å². The smallest absolute Gasteiger partial charge is 0.143 e. The van der Waals surface area contributed by atoms with Crippen molar-refractivity contribution in [2.75, 3.05) is 11.9 Å². The highest BCUT2D eigenvalue weighted by molar-refractivity contribution is 5.57. The minimum atomic E-state index is -0.548. The summed E-state index contributed by atoms with van der Waals surface area (Å²) < 4.78 is 13.3. The molecule has 0 saturated carbocycles. The molecule has 1 aromatic rings. The van der Waals surface area contributed by atoms with E-state index in [-0.39, 0.29) is 11.0 Å². The van der Waals surface area contributed by atoms with Crippen molar-refractivity contribution in [3.8, 4) is 6.07 Å². The molecule has 0 radical (unpaired) electrons. The maximum atomic E-state index is 13.3. The molecule has 1 unspecified atom stereocenters. The molecule has 4 heteroatoms. The van der Waals surface area contributed by atoms with Crippen molar-refractivity contribution in [1.29, 1.82) is 5.26 Å². The fraction of sp³-hybridized carbons (Fsp3) is 0.500. The molecule has 0 aromatic heterocycles. The zero-order valence-electron chi connectivity index (χ0n) is 11.0. The Kier molecular flexibility index (Phi) is 4.69. The van der Waals surface area contributed by atoms with Crippen LogP contribution < -0.4 is 5.32 Å². The fourth-order valence-corrected chi connectivity index (χ4v) is 1.79. The van der Waals surface area contributed by atoms with Crippen molar-refractivity contribution in [3.63, 3.8) is 0 Å². The standard InChI is InChI=1S/C14H19FN2O/c1-14(2,3)7-10(18)9-17-13-6-4-5-12(15)11(13)8-16/h4-6,10,17-18H,7,9H2,1-3H3. The summed E-state index contributed by atoms with van der Waals surface area (Å²) in [5.74, 6) is -0.548. The Bertz CT molecular complexity index is 446. The Morgan fingerprint density at radius 2 is 2.11 bits per heavy atom. The average molecular weight is 250 g/mol. The Morgan fingerprint density at radius 1 is 1.44 bits per heavy atom. The van der Waals surface area contributed by atoms with Gasteiger partial charge in [0.1, 0.15) is 17.4 Å². The molecule has 0 saturated heterocycles. The molecule has 2 N–H and O–H groups in total. The molecule has 0 heterocycles. The van der Waals surface area contributed by atoms with Gasteiger partial charge in [0.15, 0.2) is 0 Å². The van der Waals surface area contributed by atoms with Gasteiger partial charge in [0.2, 0.25) is 0 Å². The molecular weight excluding hydrogens is 231 g/mol. The van der Waals surface area contributed by atoms with E-state index in [4.69, 9.17) is 5.26 Å². The molecule has 0 bridgehead atoms. The Labute approximate surface area is 107 Å². The van der Waals surface area contributed by atoms with Gasteiger partial charge in [-0.3, -0.25) is 0 Å². The summed E-state index contributed by atoms with van der Waals surface area (Å²) in [7, 11) is 0. The molecule has 3 nitrogen and oxygen atoms in total. The highest BCUT2D eigenvalue weighted by Crippen LogP contribution is 2.22. The topological polar surface area (TPSA) is 56.0 Å². The van der Waals surface area contributed by atoms with Crippen molar-refractivity contribution in [1.82, 2.24) is 0 Å². The first-order valence-electron chi connectivity index (χ1n) is 5.94. The number of halogens is 1. The summed E-state index contributed by atoms with van der Waals surface area (Å²) >= 11 is 0. The summed E-state index contributed by atoms with van der Waals surface area (Å²) in [6, 6.07) is 6.23. The van der Waals surface area contributed by atoms with E-state index in [2.05, 4.69) is 5.32 Å². The van der Waals surface area contributed by atoms with Crippen LogP contribution in [0.4, 0.5) is 10.1 Å². The van der Waals surface area contributed by atoms with Crippen LogP contribution in [0.2, 0.25) is 0 Å². The molecule has 0 amide bonds. The minimum Gasteiger partial charge on any atom is -0.391 e. The van der Waals surface area contributed by atoms with Crippen LogP contribution in [0.1, 0.15) is 32.8 Å². The molecule has 0 aliphatic rings. The number of anilines is 1. The quantitative estimate of drug-likeness (QED) is 0.863. The summed E-state index contributed by atoms with van der Waals surface area (Å²) in [5.41, 5.74) is 0.437. The van der Waals surface area contributed by atoms with Gasteiger partial charge in [-0.05, 0) is 24.0 Å². The molecule has 0 aliphatic heterocycles. The van der Waals surface area contributed by atoms with E-state index >= 15 is 0 Å². The van der Waals surface area contributed by atoms with Crippen LogP contribution in [-0.2, 0) is 0 Å². The highest BCUT2D eigenvalue weighted by Gasteiger charge is 2.17. The van der Waals surface area contributed by atoms with E-state index in [9.17, 15) is 9.50 Å². The first-order chi connectivity index (χ1) is 8.33. The second-order valence-corrected chi connectivity index (χ2v) is 5.57. The molecule has 0 spiro atoms. The van der Waals surface area contributed by atoms with Gasteiger partial charge in [0, 0.05) is 6.54 Å². The van der Waals surface area contributed by atoms with E-state index in [0.717, 1.165) is 0 Å². The molecule has 1 rings (SSSR count). The molecule has 18 heavy (non-hydrogen) atoms. The van der Waals surface area contributed by atoms with Crippen LogP contribution in [0.5, 0.6) is 0 Å². The number of hydrogen-bond acceptors (Lipinski definition) is 3. The molecule has 0 aliphatic carbocycles. The average Bonchev–Trinajstić information content (AvgIpc) is 2.24. The maximum Gasteiger partial charge on any atom is 0.143 e. The third-order valence-corrected chi connectivity index (χ3v) is 2.50. The van der Waals surface area contributed by atoms with E-state index in [1.165, 1.54) is 12.1 Å². The molecule has 1 atom stereocenters. The van der Waals surface area contributed by atoms with Gasteiger partial charge in [-0.15, -0.1) is 0 Å². The van der Waals surface area contributed by atoms with Crippen molar-refractivity contribution in [2.45, 2.75) is 33.3 Å². The SMILES string of the molecule is CC(C)(C)CC(O)CNc1cccc(F)c1C#N. The van der Waals surface area contributed by atoms with Gasteiger partial charge in [-0.2, -0.15) is 5.26 Å². The van der Waals surface area contributed by atoms with Crippen LogP contribution in [0, 0.1) is 22.6 Å². The Balaban J connectivity index is 2.65. The van der Waals surface area contributed by atoms with Crippen LogP contribution in [0.3, 0.4) is 0 Å². The van der Waals surface area contributed by atoms with Gasteiger partial charge in [0.25, 0.3) is 0 Å². The molecular formula is C14H19FN2O. The van der Waals surface area contributed by atoms with Crippen LogP contribution in [0.15, 0.2) is 18.2 Å². The summed E-state index contributed by atoms with van der Waals surface area (Å²) in [5, 5.41) is 21.6. The largest absolute Gasteiger partial charge is 0.391 e. The van der Waals surface area contributed by atoms with Crippen molar-refractivity contribution in [3.05, 3.63) is 29.6 Å². The zero-order chi connectivity index (χ0) is 13.8. The van der Waals surface area contributed by atoms with E-state index in [1.54, 1.807) is 6.07 Å². The normalized spacial score (nSPS) is 12.9. The predicted molar refractivity (Wildman–Crippen MR) is 69.7 cm³/mol. The third kappa shape index (κ3) is 4.34. The van der Waals surface area contributed by atoms with Gasteiger partial charge >= 0.3 is 0 Å². The first-order valence-corrected chi connectivity index (χ1v) is 5.94. The number of aliphatic hydroxyl groups is 1. The lowest BCUT2D eigenvalue weighted by Crippen LogP contribution is -2.25. The lowest BCUT2D eigenvalue weighted by Gasteiger charge is -2.23. The number of nitriles is 1. The number of benzene rings is 1. The van der Waals surface area contributed by atoms with Crippen molar-refractivity contribution in [2.24, 2.45) is 5.41 Å². The summed E-state index contributed by atoms with van der Waals surface area (Å²) in [4.78, 5) is 0. The molecule has 0 fully saturated rings. The monoisotopic (exact) mass is 250 g/mol. The van der Waals surface area contributed by atoms with E-state index in [0.29, 0.717) is 18.7 Å². The second kappa shape index (κ2) is 5.83. The second-order valence-electron chi connectivity index (χ2n) is 5.57. The number of rotatable bonds is 4. The van der Waals surface area contributed by atoms with E-state index < -0.39 is 11.9 Å². The fourth-order valence-electron chi connectivity index (χ4n) is 1.79. The lowest BCUT2D eigenvalue weighted by atomic mass is 9.89. The van der Waals surface area contributed by atoms with Crippen molar-refractivity contribution >= 4 is 5.69 Å². The number of hydrogen-bond donors (Lipinski definition) is 2. The van der Waals surface area contributed by atoms with E-state index in [1.807, 2.05) is 26.8 Å². The number of aliphatic hydroxyl groups excluding tert-OH is 1. The Hall–Kier alpha value is -1.60. The van der Waals surface area contributed by atoms with Crippen LogP contribution in [0.25, 0.3) is 0 Å². The van der Waals surface area contributed by atoms with Crippen LogP contribution in [-0.4, -0.2) is 17.8 Å². The van der Waals surface area contributed by atoms with Gasteiger partial charge < -0.3 is 10.4 Å². The third-order valence-electron chi connectivity index (χ3n) is 2.50. The minimum absolute atomic E-state index is 0.0135. The summed E-state index contributed by atoms with van der Waals surface area (Å²) in [6.45, 7) is 6.42. The highest BCUT2D eigenvalue weighted by atomic mass is 19.1. The van der Waals surface area contributed by atoms with Crippen LogP contribution >= 0.6 is 0 Å². The molecule has 1 aromatic carbocycles. The van der Waals surface area contributed by atoms with Gasteiger partial charge in [0.05, 0.1) is 11.8 Å². The van der Waals surface area contributed by atoms with Gasteiger partial charge in [-0.1, -0.05) is 26.8 Å². The summed E-state index contributed by atoms with van der Waals surface area (Å²) in [6.07, 6.45) is 0.108.